The van der Waals surface area contributed by atoms with Crippen molar-refractivity contribution in [2.45, 2.75) is 26.8 Å². The van der Waals surface area contributed by atoms with Gasteiger partial charge in [-0.25, -0.2) is 0 Å². The van der Waals surface area contributed by atoms with Gasteiger partial charge >= 0.3 is 0 Å². The van der Waals surface area contributed by atoms with Crippen LogP contribution in [0.5, 0.6) is 0 Å². The molecule has 0 saturated heterocycles. The topological polar surface area (TPSA) is 15.3 Å². The Balaban J connectivity index is 2.73. The van der Waals surface area contributed by atoms with E-state index in [1.807, 2.05) is 25.2 Å². The van der Waals surface area contributed by atoms with E-state index in [1.54, 1.807) is 0 Å². The van der Waals surface area contributed by atoms with E-state index in [4.69, 9.17) is 11.6 Å². The number of nitrogens with zero attached hydrogens (tertiary/aromatic N) is 1. The van der Waals surface area contributed by atoms with Gasteiger partial charge < -0.3 is 5.32 Å². The summed E-state index contributed by atoms with van der Waals surface area (Å²) in [4.78, 5) is 2.36. The molecule has 1 N–H and O–H groups in total. The van der Waals surface area contributed by atoms with Crippen molar-refractivity contribution in [3.05, 3.63) is 34.9 Å². The molecule has 0 aliphatic heterocycles. The van der Waals surface area contributed by atoms with Gasteiger partial charge in [0.15, 0.2) is 0 Å². The normalized spacial score (nSPS) is 13.9. The van der Waals surface area contributed by atoms with Crippen molar-refractivity contribution in [2.24, 2.45) is 5.41 Å². The summed E-state index contributed by atoms with van der Waals surface area (Å²) in [6, 6.07) is 8.41. The lowest BCUT2D eigenvalue weighted by molar-refractivity contribution is 0.168. The van der Waals surface area contributed by atoms with E-state index in [1.165, 1.54) is 5.56 Å². The van der Waals surface area contributed by atoms with Gasteiger partial charge in [0.05, 0.1) is 0 Å². The van der Waals surface area contributed by atoms with Crippen LogP contribution in [0.25, 0.3) is 0 Å². The largest absolute Gasteiger partial charge is 0.319 e. The molecule has 0 aliphatic carbocycles. The van der Waals surface area contributed by atoms with Crippen molar-refractivity contribution in [1.29, 1.82) is 0 Å². The van der Waals surface area contributed by atoms with Crippen LogP contribution >= 0.6 is 11.6 Å². The zero-order chi connectivity index (χ0) is 13.8. The van der Waals surface area contributed by atoms with Gasteiger partial charge in [-0.05, 0) is 38.1 Å². The molecule has 0 heterocycles. The van der Waals surface area contributed by atoms with Gasteiger partial charge in [-0.3, -0.25) is 4.90 Å². The highest BCUT2D eigenvalue weighted by Crippen LogP contribution is 2.28. The Hall–Kier alpha value is -0.570. The summed E-state index contributed by atoms with van der Waals surface area (Å²) in [6.07, 6.45) is 0. The predicted octanol–water partition coefficient (Wildman–Crippen LogP) is 3.58. The Morgan fingerprint density at radius 2 is 1.94 bits per heavy atom. The minimum atomic E-state index is 0.249. The Morgan fingerprint density at radius 3 is 2.50 bits per heavy atom. The van der Waals surface area contributed by atoms with Crippen LogP contribution in [0.1, 0.15) is 32.4 Å². The molecule has 0 bridgehead atoms. The summed E-state index contributed by atoms with van der Waals surface area (Å²) >= 11 is 6.26. The number of halogens is 1. The van der Waals surface area contributed by atoms with E-state index < -0.39 is 0 Å². The number of hydrogen-bond acceptors (Lipinski definition) is 2. The molecule has 1 atom stereocenters. The minimum absolute atomic E-state index is 0.249. The molecular formula is C15H25ClN2. The predicted molar refractivity (Wildman–Crippen MR) is 80.2 cm³/mol. The molecule has 1 aromatic carbocycles. The first-order valence-corrected chi connectivity index (χ1v) is 6.84. The Morgan fingerprint density at radius 1 is 1.33 bits per heavy atom. The fourth-order valence-electron chi connectivity index (χ4n) is 2.40. The minimum Gasteiger partial charge on any atom is -0.319 e. The smallest absolute Gasteiger partial charge is 0.0453 e. The monoisotopic (exact) mass is 268 g/mol. The van der Waals surface area contributed by atoms with Crippen LogP contribution in [0, 0.1) is 5.41 Å². The molecule has 102 valence electrons. The molecule has 0 fully saturated rings. The third-order valence-corrected chi connectivity index (χ3v) is 3.69. The standard InChI is InChI=1S/C15H25ClN2/c1-12(13-8-6-7-9-14(13)16)18(5)11-15(2,3)10-17-4/h6-9,12,17H,10-11H2,1-5H3. The zero-order valence-corrected chi connectivity index (χ0v) is 12.9. The first-order valence-electron chi connectivity index (χ1n) is 6.46. The highest BCUT2D eigenvalue weighted by molar-refractivity contribution is 6.31. The van der Waals surface area contributed by atoms with E-state index in [0.29, 0.717) is 6.04 Å². The molecule has 1 aromatic rings. The first kappa shape index (κ1) is 15.5. The lowest BCUT2D eigenvalue weighted by Crippen LogP contribution is -2.39. The third-order valence-electron chi connectivity index (χ3n) is 3.35. The number of benzene rings is 1. The molecule has 0 saturated carbocycles. The number of hydrogen-bond donors (Lipinski definition) is 1. The van der Waals surface area contributed by atoms with Crippen LogP contribution in [-0.2, 0) is 0 Å². The average molecular weight is 269 g/mol. The highest BCUT2D eigenvalue weighted by atomic mass is 35.5. The summed E-state index contributed by atoms with van der Waals surface area (Å²) in [5.74, 6) is 0. The lowest BCUT2D eigenvalue weighted by atomic mass is 9.92. The molecule has 0 radical (unpaired) electrons. The van der Waals surface area contributed by atoms with Crippen LogP contribution in [0.15, 0.2) is 24.3 Å². The van der Waals surface area contributed by atoms with Crippen LogP contribution in [0.3, 0.4) is 0 Å². The zero-order valence-electron chi connectivity index (χ0n) is 12.1. The van der Waals surface area contributed by atoms with Gasteiger partial charge in [0.25, 0.3) is 0 Å². The van der Waals surface area contributed by atoms with E-state index in [9.17, 15) is 0 Å². The van der Waals surface area contributed by atoms with Crippen molar-refractivity contribution < 1.29 is 0 Å². The average Bonchev–Trinajstić information content (AvgIpc) is 2.28. The van der Waals surface area contributed by atoms with Crippen molar-refractivity contribution in [3.63, 3.8) is 0 Å². The summed E-state index contributed by atoms with van der Waals surface area (Å²) in [5, 5.41) is 4.10. The molecule has 3 heteroatoms. The van der Waals surface area contributed by atoms with Crippen molar-refractivity contribution in [1.82, 2.24) is 10.2 Å². The number of nitrogens with one attached hydrogen (secondary N) is 1. The van der Waals surface area contributed by atoms with Crippen LogP contribution in [-0.4, -0.2) is 32.1 Å². The van der Waals surface area contributed by atoms with Gasteiger partial charge in [-0.2, -0.15) is 0 Å². The quantitative estimate of drug-likeness (QED) is 0.848. The third kappa shape index (κ3) is 4.27. The Labute approximate surface area is 116 Å². The van der Waals surface area contributed by atoms with Crippen LogP contribution < -0.4 is 5.32 Å². The fourth-order valence-corrected chi connectivity index (χ4v) is 2.69. The van der Waals surface area contributed by atoms with Gasteiger partial charge in [0.1, 0.15) is 0 Å². The van der Waals surface area contributed by atoms with Gasteiger partial charge in [0, 0.05) is 24.2 Å². The Kier molecular flexibility index (Phi) is 5.64. The molecule has 1 rings (SSSR count). The van der Waals surface area contributed by atoms with E-state index in [0.717, 1.165) is 18.1 Å². The summed E-state index contributed by atoms with van der Waals surface area (Å²) in [5.41, 5.74) is 1.45. The molecular weight excluding hydrogens is 244 g/mol. The summed E-state index contributed by atoms with van der Waals surface area (Å²) in [7, 11) is 4.16. The highest BCUT2D eigenvalue weighted by Gasteiger charge is 2.23. The van der Waals surface area contributed by atoms with Crippen LogP contribution in [0.4, 0.5) is 0 Å². The molecule has 1 unspecified atom stereocenters. The maximum Gasteiger partial charge on any atom is 0.0453 e. The van der Waals surface area contributed by atoms with Gasteiger partial charge in [-0.1, -0.05) is 43.6 Å². The fraction of sp³-hybridized carbons (Fsp3) is 0.600. The van der Waals surface area contributed by atoms with Crippen LogP contribution in [0.2, 0.25) is 5.02 Å². The van der Waals surface area contributed by atoms with E-state index in [-0.39, 0.29) is 5.41 Å². The van der Waals surface area contributed by atoms with Gasteiger partial charge in [0.2, 0.25) is 0 Å². The van der Waals surface area contributed by atoms with E-state index in [2.05, 4.69) is 44.1 Å². The second-order valence-corrected chi connectivity index (χ2v) is 6.21. The summed E-state index contributed by atoms with van der Waals surface area (Å²) in [6.45, 7) is 8.79. The SMILES string of the molecule is CNCC(C)(C)CN(C)C(C)c1ccccc1Cl. The van der Waals surface area contributed by atoms with Crippen molar-refractivity contribution in [2.75, 3.05) is 27.2 Å². The van der Waals surface area contributed by atoms with E-state index >= 15 is 0 Å². The maximum atomic E-state index is 6.26. The summed E-state index contributed by atoms with van der Waals surface area (Å²) < 4.78 is 0. The van der Waals surface area contributed by atoms with Gasteiger partial charge in [-0.15, -0.1) is 0 Å². The van der Waals surface area contributed by atoms with Crippen molar-refractivity contribution in [3.8, 4) is 0 Å². The molecule has 0 spiro atoms. The molecule has 2 nitrogen and oxygen atoms in total. The second kappa shape index (κ2) is 6.55. The number of rotatable bonds is 6. The first-order chi connectivity index (χ1) is 8.37. The molecule has 0 aromatic heterocycles. The second-order valence-electron chi connectivity index (χ2n) is 5.81. The maximum absolute atomic E-state index is 6.26. The Bertz CT molecular complexity index is 377. The molecule has 18 heavy (non-hydrogen) atoms. The lowest BCUT2D eigenvalue weighted by Gasteiger charge is -2.34. The van der Waals surface area contributed by atoms with Crippen molar-refractivity contribution >= 4 is 11.6 Å². The molecule has 0 aliphatic rings. The molecule has 0 amide bonds.